The van der Waals surface area contributed by atoms with Crippen LogP contribution in [0.5, 0.6) is 11.5 Å². The topological polar surface area (TPSA) is 73.9 Å². The van der Waals surface area contributed by atoms with Crippen molar-refractivity contribution in [3.8, 4) is 11.5 Å². The molecule has 136 valence electrons. The molecule has 6 nitrogen and oxygen atoms in total. The molecule has 2 rings (SSSR count). The van der Waals surface area contributed by atoms with Gasteiger partial charge in [0.25, 0.3) is 5.91 Å². The van der Waals surface area contributed by atoms with E-state index in [9.17, 15) is 9.59 Å². The normalized spacial score (nSPS) is 10.4. The van der Waals surface area contributed by atoms with Crippen molar-refractivity contribution in [3.05, 3.63) is 65.7 Å². The quantitative estimate of drug-likeness (QED) is 0.582. The lowest BCUT2D eigenvalue weighted by Crippen LogP contribution is -2.28. The number of esters is 1. The van der Waals surface area contributed by atoms with Crippen molar-refractivity contribution in [1.29, 1.82) is 0 Å². The summed E-state index contributed by atoms with van der Waals surface area (Å²) >= 11 is 0. The van der Waals surface area contributed by atoms with Crippen LogP contribution >= 0.6 is 0 Å². The Morgan fingerprint density at radius 1 is 1.04 bits per heavy atom. The highest BCUT2D eigenvalue weighted by Crippen LogP contribution is 2.25. The first-order chi connectivity index (χ1) is 12.6. The number of carbonyl (C=O) groups is 2. The number of methoxy groups -OCH3 is 2. The number of hydrogen-bond donors (Lipinski definition) is 1. The van der Waals surface area contributed by atoms with Crippen LogP contribution in [0.3, 0.4) is 0 Å². The minimum Gasteiger partial charge on any atom is -0.497 e. The lowest BCUT2D eigenvalue weighted by molar-refractivity contribution is -0.143. The van der Waals surface area contributed by atoms with Gasteiger partial charge in [-0.1, -0.05) is 30.3 Å². The maximum absolute atomic E-state index is 11.8. The van der Waals surface area contributed by atoms with Crippen LogP contribution in [0.25, 0.3) is 6.08 Å². The molecule has 0 atom stereocenters. The van der Waals surface area contributed by atoms with Gasteiger partial charge in [0.15, 0.2) is 6.61 Å². The van der Waals surface area contributed by atoms with E-state index in [1.54, 1.807) is 31.4 Å². The summed E-state index contributed by atoms with van der Waals surface area (Å²) in [6, 6.07) is 14.7. The third-order valence-corrected chi connectivity index (χ3v) is 3.51. The molecule has 0 aromatic heterocycles. The molecule has 1 amide bonds. The molecule has 6 heteroatoms. The zero-order valence-electron chi connectivity index (χ0n) is 14.7. The molecule has 0 unspecified atom stereocenters. The molecule has 0 radical (unpaired) electrons. The molecule has 0 aliphatic rings. The van der Waals surface area contributed by atoms with Gasteiger partial charge in [0.2, 0.25) is 0 Å². The SMILES string of the molecule is COc1ccc(OC)c(/C=C/C(=O)OCC(=O)NCc2ccccc2)c1. The van der Waals surface area contributed by atoms with Crippen molar-refractivity contribution in [2.75, 3.05) is 20.8 Å². The van der Waals surface area contributed by atoms with Gasteiger partial charge in [-0.3, -0.25) is 4.79 Å². The highest BCUT2D eigenvalue weighted by molar-refractivity contribution is 5.89. The van der Waals surface area contributed by atoms with Crippen LogP contribution in [-0.4, -0.2) is 32.7 Å². The van der Waals surface area contributed by atoms with Crippen LogP contribution in [0.15, 0.2) is 54.6 Å². The monoisotopic (exact) mass is 355 g/mol. The van der Waals surface area contributed by atoms with E-state index in [4.69, 9.17) is 14.2 Å². The van der Waals surface area contributed by atoms with E-state index in [0.717, 1.165) is 5.56 Å². The molecule has 0 aliphatic heterocycles. The van der Waals surface area contributed by atoms with Crippen LogP contribution < -0.4 is 14.8 Å². The molecule has 1 N–H and O–H groups in total. The van der Waals surface area contributed by atoms with E-state index < -0.39 is 5.97 Å². The lowest BCUT2D eigenvalue weighted by atomic mass is 10.1. The van der Waals surface area contributed by atoms with Crippen molar-refractivity contribution < 1.29 is 23.8 Å². The number of amides is 1. The predicted octanol–water partition coefficient (Wildman–Crippen LogP) is 2.58. The highest BCUT2D eigenvalue weighted by Gasteiger charge is 2.06. The molecular formula is C20H21NO5. The van der Waals surface area contributed by atoms with Crippen LogP contribution in [-0.2, 0) is 20.9 Å². The van der Waals surface area contributed by atoms with E-state index in [2.05, 4.69) is 5.32 Å². The maximum Gasteiger partial charge on any atom is 0.331 e. The third-order valence-electron chi connectivity index (χ3n) is 3.51. The fourth-order valence-corrected chi connectivity index (χ4v) is 2.16. The first-order valence-corrected chi connectivity index (χ1v) is 8.00. The van der Waals surface area contributed by atoms with Crippen LogP contribution in [0.4, 0.5) is 0 Å². The molecule has 2 aromatic carbocycles. The van der Waals surface area contributed by atoms with Gasteiger partial charge in [-0.2, -0.15) is 0 Å². The summed E-state index contributed by atoms with van der Waals surface area (Å²) in [5.74, 6) is 0.244. The Bertz CT molecular complexity index is 771. The van der Waals surface area contributed by atoms with Gasteiger partial charge in [-0.05, 0) is 29.8 Å². The second kappa shape index (κ2) is 9.88. The van der Waals surface area contributed by atoms with E-state index in [1.165, 1.54) is 13.2 Å². The van der Waals surface area contributed by atoms with Crippen molar-refractivity contribution in [2.45, 2.75) is 6.54 Å². The van der Waals surface area contributed by atoms with Crippen molar-refractivity contribution in [2.24, 2.45) is 0 Å². The molecule has 0 saturated heterocycles. The third kappa shape index (κ3) is 5.98. The Labute approximate surface area is 152 Å². The lowest BCUT2D eigenvalue weighted by Gasteiger charge is -2.07. The average Bonchev–Trinajstić information content (AvgIpc) is 2.69. The van der Waals surface area contributed by atoms with E-state index in [1.807, 2.05) is 30.3 Å². The van der Waals surface area contributed by atoms with Gasteiger partial charge in [-0.25, -0.2) is 4.79 Å². The van der Waals surface area contributed by atoms with Gasteiger partial charge in [-0.15, -0.1) is 0 Å². The first-order valence-electron chi connectivity index (χ1n) is 8.00. The minimum absolute atomic E-state index is 0.342. The molecule has 0 bridgehead atoms. The highest BCUT2D eigenvalue weighted by atomic mass is 16.5. The number of hydrogen-bond acceptors (Lipinski definition) is 5. The Balaban J connectivity index is 1.82. The molecule has 0 fully saturated rings. The maximum atomic E-state index is 11.8. The van der Waals surface area contributed by atoms with Crippen LogP contribution in [0, 0.1) is 0 Å². The van der Waals surface area contributed by atoms with Gasteiger partial charge in [0, 0.05) is 18.2 Å². The van der Waals surface area contributed by atoms with E-state index in [-0.39, 0.29) is 12.5 Å². The van der Waals surface area contributed by atoms with Gasteiger partial charge in [0.05, 0.1) is 14.2 Å². The first kappa shape index (κ1) is 19.1. The zero-order chi connectivity index (χ0) is 18.8. The fourth-order valence-electron chi connectivity index (χ4n) is 2.16. The van der Waals surface area contributed by atoms with Gasteiger partial charge >= 0.3 is 5.97 Å². The summed E-state index contributed by atoms with van der Waals surface area (Å²) in [5.41, 5.74) is 1.63. The molecule has 0 aliphatic carbocycles. The summed E-state index contributed by atoms with van der Waals surface area (Å²) in [4.78, 5) is 23.5. The zero-order valence-corrected chi connectivity index (χ0v) is 14.7. The summed E-state index contributed by atoms with van der Waals surface area (Å²) < 4.78 is 15.3. The molecule has 26 heavy (non-hydrogen) atoms. The Morgan fingerprint density at radius 2 is 1.81 bits per heavy atom. The Morgan fingerprint density at radius 3 is 2.50 bits per heavy atom. The van der Waals surface area contributed by atoms with Crippen LogP contribution in [0.1, 0.15) is 11.1 Å². The number of rotatable bonds is 8. The Kier molecular flexibility index (Phi) is 7.24. The largest absolute Gasteiger partial charge is 0.497 e. The molecular weight excluding hydrogens is 334 g/mol. The number of carbonyl (C=O) groups excluding carboxylic acids is 2. The predicted molar refractivity (Wildman–Crippen MR) is 97.8 cm³/mol. The molecule has 2 aromatic rings. The Hall–Kier alpha value is -3.28. The van der Waals surface area contributed by atoms with Gasteiger partial charge in [0.1, 0.15) is 11.5 Å². The summed E-state index contributed by atoms with van der Waals surface area (Å²) in [6.45, 7) is 0.0410. The molecule has 0 saturated carbocycles. The number of benzene rings is 2. The molecule has 0 spiro atoms. The summed E-state index contributed by atoms with van der Waals surface area (Å²) in [7, 11) is 3.09. The van der Waals surface area contributed by atoms with Crippen molar-refractivity contribution in [1.82, 2.24) is 5.32 Å². The minimum atomic E-state index is -0.621. The molecule has 0 heterocycles. The van der Waals surface area contributed by atoms with Crippen molar-refractivity contribution in [3.63, 3.8) is 0 Å². The van der Waals surface area contributed by atoms with Crippen molar-refractivity contribution >= 4 is 18.0 Å². The van der Waals surface area contributed by atoms with E-state index in [0.29, 0.717) is 23.6 Å². The number of nitrogens with one attached hydrogen (secondary N) is 1. The smallest absolute Gasteiger partial charge is 0.331 e. The van der Waals surface area contributed by atoms with Crippen LogP contribution in [0.2, 0.25) is 0 Å². The second-order valence-electron chi connectivity index (χ2n) is 5.31. The fraction of sp³-hybridized carbons (Fsp3) is 0.200. The van der Waals surface area contributed by atoms with Gasteiger partial charge < -0.3 is 19.5 Å². The summed E-state index contributed by atoms with van der Waals surface area (Å²) in [6.07, 6.45) is 2.79. The van der Waals surface area contributed by atoms with E-state index >= 15 is 0 Å². The standard InChI is InChI=1S/C20H21NO5/c1-24-17-9-10-18(25-2)16(12-17)8-11-20(23)26-14-19(22)21-13-15-6-4-3-5-7-15/h3-12H,13-14H2,1-2H3,(H,21,22)/b11-8+. The summed E-state index contributed by atoms with van der Waals surface area (Å²) in [5, 5.41) is 2.68. The second-order valence-corrected chi connectivity index (χ2v) is 5.31. The number of ether oxygens (including phenoxy) is 3. The average molecular weight is 355 g/mol.